The first-order valence-corrected chi connectivity index (χ1v) is 11.5. The first kappa shape index (κ1) is 23.8. The summed E-state index contributed by atoms with van der Waals surface area (Å²) in [4.78, 5) is 0. The summed E-state index contributed by atoms with van der Waals surface area (Å²) in [5.41, 5.74) is -0.327. The molecule has 0 aromatic carbocycles. The van der Waals surface area contributed by atoms with Crippen molar-refractivity contribution in [3.05, 3.63) is 0 Å². The Bertz CT molecular complexity index is 569. The van der Waals surface area contributed by atoms with Crippen LogP contribution in [0.25, 0.3) is 0 Å². The predicted molar refractivity (Wildman–Crippen MR) is 97.5 cm³/mol. The van der Waals surface area contributed by atoms with Crippen LogP contribution in [0.3, 0.4) is 0 Å². The van der Waals surface area contributed by atoms with Crippen molar-refractivity contribution in [2.45, 2.75) is 71.0 Å². The van der Waals surface area contributed by atoms with Crippen LogP contribution in [-0.4, -0.2) is 40.5 Å². The molecule has 0 aromatic heterocycles. The summed E-state index contributed by atoms with van der Waals surface area (Å²) < 4.78 is 49.6. The van der Waals surface area contributed by atoms with Crippen LogP contribution >= 0.6 is 0 Å². The van der Waals surface area contributed by atoms with Gasteiger partial charge in [-0.05, 0) is 51.4 Å². The normalized spacial score (nSPS) is 14.1. The van der Waals surface area contributed by atoms with Crippen molar-refractivity contribution in [3.63, 3.8) is 0 Å². The summed E-state index contributed by atoms with van der Waals surface area (Å²) in [6.07, 6.45) is 4.55. The third-order valence-electron chi connectivity index (χ3n) is 4.07. The largest absolute Gasteiger partial charge is 0.381 e. The van der Waals surface area contributed by atoms with Crippen LogP contribution in [0, 0.1) is 5.41 Å². The van der Waals surface area contributed by atoms with Gasteiger partial charge in [-0.1, -0.05) is 20.3 Å². The summed E-state index contributed by atoms with van der Waals surface area (Å²) in [6, 6.07) is 0. The highest BCUT2D eigenvalue weighted by Crippen LogP contribution is 2.24. The Morgan fingerprint density at radius 2 is 1.25 bits per heavy atom. The summed E-state index contributed by atoms with van der Waals surface area (Å²) in [5, 5.41) is 10.3. The molecule has 0 aliphatic carbocycles. The van der Waals surface area contributed by atoms with Crippen LogP contribution in [0.4, 0.5) is 0 Å². The number of sulfonamides is 2. The second kappa shape index (κ2) is 9.47. The smallest absolute Gasteiger partial charge is 0.214 e. The van der Waals surface area contributed by atoms with Crippen molar-refractivity contribution in [2.24, 2.45) is 15.7 Å². The molecule has 0 heterocycles. The van der Waals surface area contributed by atoms with Gasteiger partial charge < -0.3 is 4.74 Å². The van der Waals surface area contributed by atoms with Crippen molar-refractivity contribution in [1.82, 2.24) is 0 Å². The van der Waals surface area contributed by atoms with Gasteiger partial charge in [-0.15, -0.1) is 0 Å². The first-order valence-electron chi connectivity index (χ1n) is 8.27. The molecule has 7 nitrogen and oxygen atoms in total. The molecule has 0 bridgehead atoms. The lowest BCUT2D eigenvalue weighted by atomic mass is 9.89. The summed E-state index contributed by atoms with van der Waals surface area (Å²) in [6.45, 7) is 8.25. The highest BCUT2D eigenvalue weighted by atomic mass is 32.2. The molecule has 0 aromatic rings. The van der Waals surface area contributed by atoms with Gasteiger partial charge >= 0.3 is 0 Å². The number of ether oxygens (including phenoxy) is 1. The van der Waals surface area contributed by atoms with E-state index in [4.69, 9.17) is 15.0 Å². The average molecular weight is 387 g/mol. The Morgan fingerprint density at radius 3 is 1.67 bits per heavy atom. The zero-order valence-electron chi connectivity index (χ0n) is 15.4. The molecule has 0 fully saturated rings. The van der Waals surface area contributed by atoms with E-state index in [0.29, 0.717) is 19.6 Å². The Labute approximate surface area is 147 Å². The molecule has 0 saturated heterocycles. The van der Waals surface area contributed by atoms with Gasteiger partial charge in [-0.2, -0.15) is 0 Å². The molecule has 0 atom stereocenters. The van der Waals surface area contributed by atoms with Crippen molar-refractivity contribution < 1.29 is 21.6 Å². The third kappa shape index (κ3) is 11.4. The van der Waals surface area contributed by atoms with Crippen LogP contribution < -0.4 is 10.3 Å². The molecular formula is C15H34N2O5S2. The minimum absolute atomic E-state index is 0.0132. The summed E-state index contributed by atoms with van der Waals surface area (Å²) in [7, 11) is -6.97. The van der Waals surface area contributed by atoms with E-state index in [2.05, 4.69) is 0 Å². The molecule has 0 aliphatic rings. The third-order valence-corrected chi connectivity index (χ3v) is 7.00. The molecule has 0 amide bonds. The number of primary sulfonamides is 2. The topological polar surface area (TPSA) is 130 Å². The summed E-state index contributed by atoms with van der Waals surface area (Å²) >= 11 is 0. The van der Waals surface area contributed by atoms with Gasteiger partial charge in [0.15, 0.2) is 0 Å². The van der Waals surface area contributed by atoms with E-state index in [9.17, 15) is 16.8 Å². The van der Waals surface area contributed by atoms with Crippen molar-refractivity contribution in [3.8, 4) is 0 Å². The zero-order chi connectivity index (χ0) is 19.1. The number of nitrogens with two attached hydrogens (primary N) is 2. The van der Waals surface area contributed by atoms with Gasteiger partial charge in [0.2, 0.25) is 20.0 Å². The second-order valence-electron chi connectivity index (χ2n) is 7.80. The maximum atomic E-state index is 11.4. The van der Waals surface area contributed by atoms with Crippen molar-refractivity contribution >= 4 is 20.0 Å². The number of hydrogen-bond acceptors (Lipinski definition) is 5. The van der Waals surface area contributed by atoms with Crippen molar-refractivity contribution in [1.29, 1.82) is 0 Å². The molecule has 0 radical (unpaired) electrons. The Balaban J connectivity index is 3.73. The molecule has 9 heteroatoms. The fraction of sp³-hybridized carbons (Fsp3) is 1.00. The van der Waals surface area contributed by atoms with Gasteiger partial charge in [0, 0.05) is 13.2 Å². The molecular weight excluding hydrogens is 352 g/mol. The van der Waals surface area contributed by atoms with E-state index < -0.39 is 24.8 Å². The lowest BCUT2D eigenvalue weighted by Crippen LogP contribution is -2.37. The average Bonchev–Trinajstić information content (AvgIpc) is 2.32. The molecule has 0 unspecified atom stereocenters. The number of unbranched alkanes of at least 4 members (excludes halogenated alkanes) is 2. The van der Waals surface area contributed by atoms with E-state index in [0.717, 1.165) is 32.1 Å². The molecule has 4 N–H and O–H groups in total. The number of rotatable bonds is 13. The molecule has 0 rings (SSSR count). The quantitative estimate of drug-likeness (QED) is 0.466. The van der Waals surface area contributed by atoms with Gasteiger partial charge in [-0.25, -0.2) is 27.1 Å². The highest BCUT2D eigenvalue weighted by molar-refractivity contribution is 7.90. The van der Waals surface area contributed by atoms with Gasteiger partial charge in [-0.3, -0.25) is 0 Å². The molecule has 0 aliphatic heterocycles. The van der Waals surface area contributed by atoms with E-state index in [1.165, 1.54) is 0 Å². The minimum Gasteiger partial charge on any atom is -0.381 e. The fourth-order valence-electron chi connectivity index (χ4n) is 2.42. The van der Waals surface area contributed by atoms with Gasteiger partial charge in [0.05, 0.1) is 10.5 Å². The lowest BCUT2D eigenvalue weighted by Gasteiger charge is -2.23. The minimum atomic E-state index is -3.53. The van der Waals surface area contributed by atoms with E-state index in [-0.39, 0.29) is 11.2 Å². The predicted octanol–water partition coefficient (Wildman–Crippen LogP) is 1.73. The molecule has 0 saturated carbocycles. The lowest BCUT2D eigenvalue weighted by molar-refractivity contribution is 0.123. The van der Waals surface area contributed by atoms with E-state index >= 15 is 0 Å². The zero-order valence-corrected chi connectivity index (χ0v) is 17.0. The maximum absolute atomic E-state index is 11.4. The monoisotopic (exact) mass is 386 g/mol. The molecule has 24 heavy (non-hydrogen) atoms. The SMILES string of the molecule is CC(C)(CCCCOCCCCC(C)(C)S(N)(=O)=O)CS(N)(=O)=O. The van der Waals surface area contributed by atoms with Crippen LogP contribution in [0.1, 0.15) is 66.2 Å². The van der Waals surface area contributed by atoms with Crippen LogP contribution in [0.15, 0.2) is 0 Å². The van der Waals surface area contributed by atoms with Gasteiger partial charge in [0.25, 0.3) is 0 Å². The van der Waals surface area contributed by atoms with Crippen LogP contribution in [0.5, 0.6) is 0 Å². The highest BCUT2D eigenvalue weighted by Gasteiger charge is 2.30. The second-order valence-corrected chi connectivity index (χ2v) is 11.6. The molecule has 0 spiro atoms. The summed E-state index contributed by atoms with van der Waals surface area (Å²) in [5.74, 6) is -0.0132. The Morgan fingerprint density at radius 1 is 0.792 bits per heavy atom. The molecule has 146 valence electrons. The Hall–Kier alpha value is -0.220. The van der Waals surface area contributed by atoms with E-state index in [1.807, 2.05) is 13.8 Å². The number of hydrogen-bond donors (Lipinski definition) is 2. The fourth-order valence-corrected chi connectivity index (χ4v) is 4.09. The van der Waals surface area contributed by atoms with Crippen LogP contribution in [0.2, 0.25) is 0 Å². The van der Waals surface area contributed by atoms with Gasteiger partial charge in [0.1, 0.15) is 0 Å². The van der Waals surface area contributed by atoms with E-state index in [1.54, 1.807) is 13.8 Å². The Kier molecular flexibility index (Phi) is 9.38. The first-order chi connectivity index (χ1) is 10.7. The standard InChI is InChI=1S/C15H34N2O5S2/c1-14(2,13-23(16,18)19)9-5-7-11-22-12-8-6-10-15(3,4)24(17,20)21/h5-13H2,1-4H3,(H2,16,18,19)(H2,17,20,21). The van der Waals surface area contributed by atoms with Crippen LogP contribution in [-0.2, 0) is 24.8 Å². The van der Waals surface area contributed by atoms with Crippen molar-refractivity contribution in [2.75, 3.05) is 19.0 Å². The maximum Gasteiger partial charge on any atom is 0.214 e.